The minimum Gasteiger partial charge on any atom is -0.462 e. The summed E-state index contributed by atoms with van der Waals surface area (Å²) in [5.41, 5.74) is 0. The summed E-state index contributed by atoms with van der Waals surface area (Å²) in [6.07, 6.45) is 51.7. The number of carbonyl (C=O) groups is 2. The summed E-state index contributed by atoms with van der Waals surface area (Å²) >= 11 is 0. The highest BCUT2D eigenvalue weighted by Crippen LogP contribution is 2.17. The van der Waals surface area contributed by atoms with Crippen LogP contribution in [0.5, 0.6) is 0 Å². The lowest BCUT2D eigenvalue weighted by Gasteiger charge is -2.24. The van der Waals surface area contributed by atoms with E-state index >= 15 is 0 Å². The third-order valence-electron chi connectivity index (χ3n) is 10.8. The molecular formula is C50H91NO5. The molecule has 0 bridgehead atoms. The van der Waals surface area contributed by atoms with Gasteiger partial charge in [0, 0.05) is 6.42 Å². The van der Waals surface area contributed by atoms with Crippen molar-refractivity contribution < 1.29 is 24.5 Å². The number of allylic oxidation sites excluding steroid dienone is 8. The van der Waals surface area contributed by atoms with Gasteiger partial charge in [-0.15, -0.1) is 0 Å². The lowest BCUT2D eigenvalue weighted by Crippen LogP contribution is -2.46. The van der Waals surface area contributed by atoms with Gasteiger partial charge in [-0.1, -0.05) is 223 Å². The molecule has 0 rings (SSSR count). The van der Waals surface area contributed by atoms with Crippen molar-refractivity contribution in [3.63, 3.8) is 0 Å². The van der Waals surface area contributed by atoms with Gasteiger partial charge in [-0.3, -0.25) is 9.59 Å². The maximum absolute atomic E-state index is 13.1. The van der Waals surface area contributed by atoms with Gasteiger partial charge in [0.25, 0.3) is 0 Å². The highest BCUT2D eigenvalue weighted by molar-refractivity contribution is 5.77. The van der Waals surface area contributed by atoms with E-state index in [4.69, 9.17) is 4.74 Å². The number of carbonyl (C=O) groups excluding carboxylic acids is 2. The first-order valence-electron chi connectivity index (χ1n) is 23.9. The van der Waals surface area contributed by atoms with Gasteiger partial charge < -0.3 is 20.3 Å². The maximum Gasteiger partial charge on any atom is 0.306 e. The van der Waals surface area contributed by atoms with Gasteiger partial charge >= 0.3 is 5.97 Å². The Balaban J connectivity index is 4.61. The van der Waals surface area contributed by atoms with Crippen LogP contribution in [0.25, 0.3) is 0 Å². The van der Waals surface area contributed by atoms with E-state index in [1.54, 1.807) is 0 Å². The lowest BCUT2D eigenvalue weighted by molar-refractivity contribution is -0.151. The molecule has 6 nitrogen and oxygen atoms in total. The number of hydrogen-bond acceptors (Lipinski definition) is 5. The van der Waals surface area contributed by atoms with Gasteiger partial charge in [-0.25, -0.2) is 0 Å². The standard InChI is InChI=1S/C50H91NO5/c1-4-7-10-13-16-19-22-24-26-28-30-33-36-39-42-48(53)47(45-52)51-49(54)44-46(41-38-35-32-29-27-25-23-20-17-14-11-8-5-2)56-50(55)43-40-37-34-31-21-18-15-12-9-6-3/h8,11,14,17,20,23,25,27,46-48,52-53H,4-7,9-10,12-13,15-16,18-19,21-22,24,26,28-45H2,1-3H3,(H,51,54)/b11-8+,17-14+,23-20+,27-25-. The molecule has 0 heterocycles. The van der Waals surface area contributed by atoms with Crippen molar-refractivity contribution in [2.24, 2.45) is 0 Å². The Bertz CT molecular complexity index is 972. The van der Waals surface area contributed by atoms with Gasteiger partial charge in [-0.2, -0.15) is 0 Å². The Hall–Kier alpha value is -2.18. The number of hydrogen-bond donors (Lipinski definition) is 3. The van der Waals surface area contributed by atoms with E-state index in [0.29, 0.717) is 19.3 Å². The Morgan fingerprint density at radius 3 is 1.46 bits per heavy atom. The summed E-state index contributed by atoms with van der Waals surface area (Å²) in [4.78, 5) is 26.0. The minimum atomic E-state index is -0.796. The molecule has 0 aliphatic rings. The second-order valence-corrected chi connectivity index (χ2v) is 16.2. The SMILES string of the molecule is CC/C=C/C=C/C=C/C=C\CCCCCC(CC(=O)NC(CO)C(O)CCCCCCCCCCCCCCCC)OC(=O)CCCCCCCCCCCC. The van der Waals surface area contributed by atoms with E-state index in [0.717, 1.165) is 70.6 Å². The van der Waals surface area contributed by atoms with E-state index in [1.165, 1.54) is 116 Å². The van der Waals surface area contributed by atoms with Crippen LogP contribution in [-0.4, -0.2) is 46.9 Å². The first-order valence-corrected chi connectivity index (χ1v) is 23.9. The monoisotopic (exact) mass is 786 g/mol. The van der Waals surface area contributed by atoms with Crippen molar-refractivity contribution in [3.8, 4) is 0 Å². The Kier molecular flexibility index (Phi) is 42.2. The van der Waals surface area contributed by atoms with Crippen LogP contribution in [0.2, 0.25) is 0 Å². The molecule has 0 fully saturated rings. The molecule has 0 saturated carbocycles. The van der Waals surface area contributed by atoms with Crippen molar-refractivity contribution in [2.75, 3.05) is 6.61 Å². The molecule has 3 N–H and O–H groups in total. The van der Waals surface area contributed by atoms with Crippen molar-refractivity contribution in [1.82, 2.24) is 5.32 Å². The molecule has 3 unspecified atom stereocenters. The first kappa shape index (κ1) is 53.8. The summed E-state index contributed by atoms with van der Waals surface area (Å²) in [5.74, 6) is -0.511. The molecular weight excluding hydrogens is 695 g/mol. The summed E-state index contributed by atoms with van der Waals surface area (Å²) in [7, 11) is 0. The molecule has 3 atom stereocenters. The number of amides is 1. The summed E-state index contributed by atoms with van der Waals surface area (Å²) in [6.45, 7) is 6.32. The van der Waals surface area contributed by atoms with Crippen LogP contribution >= 0.6 is 0 Å². The molecule has 0 saturated heterocycles. The molecule has 0 aromatic rings. The number of nitrogens with one attached hydrogen (secondary N) is 1. The number of ether oxygens (including phenoxy) is 1. The smallest absolute Gasteiger partial charge is 0.306 e. The van der Waals surface area contributed by atoms with Gasteiger partial charge in [0.2, 0.25) is 5.91 Å². The fourth-order valence-electron chi connectivity index (χ4n) is 7.15. The molecule has 56 heavy (non-hydrogen) atoms. The van der Waals surface area contributed by atoms with E-state index < -0.39 is 18.2 Å². The number of esters is 1. The Labute approximate surface area is 346 Å². The molecule has 6 heteroatoms. The van der Waals surface area contributed by atoms with E-state index in [2.05, 4.69) is 50.4 Å². The molecule has 0 spiro atoms. The van der Waals surface area contributed by atoms with E-state index in [-0.39, 0.29) is 24.9 Å². The predicted octanol–water partition coefficient (Wildman–Crippen LogP) is 13.9. The predicted molar refractivity (Wildman–Crippen MR) is 241 cm³/mol. The van der Waals surface area contributed by atoms with Gasteiger partial charge in [0.15, 0.2) is 0 Å². The third kappa shape index (κ3) is 38.7. The van der Waals surface area contributed by atoms with Crippen molar-refractivity contribution >= 4 is 11.9 Å². The highest BCUT2D eigenvalue weighted by atomic mass is 16.5. The fraction of sp³-hybridized carbons (Fsp3) is 0.800. The zero-order chi connectivity index (χ0) is 41.0. The summed E-state index contributed by atoms with van der Waals surface area (Å²) in [5, 5.41) is 23.7. The summed E-state index contributed by atoms with van der Waals surface area (Å²) in [6, 6.07) is -0.711. The molecule has 0 radical (unpaired) electrons. The van der Waals surface area contributed by atoms with Crippen LogP contribution < -0.4 is 5.32 Å². The first-order chi connectivity index (χ1) is 27.5. The molecule has 1 amide bonds. The number of aliphatic hydroxyl groups is 2. The number of rotatable bonds is 42. The second kappa shape index (κ2) is 43.9. The van der Waals surface area contributed by atoms with Gasteiger partial charge in [0.05, 0.1) is 25.2 Å². The average molecular weight is 786 g/mol. The van der Waals surface area contributed by atoms with Crippen LogP contribution in [0.15, 0.2) is 48.6 Å². The number of aliphatic hydroxyl groups excluding tert-OH is 2. The fourth-order valence-corrected chi connectivity index (χ4v) is 7.15. The van der Waals surface area contributed by atoms with Gasteiger partial charge in [0.1, 0.15) is 6.10 Å². The molecule has 0 aromatic carbocycles. The normalized spacial score (nSPS) is 13.7. The van der Waals surface area contributed by atoms with Crippen molar-refractivity contribution in [2.45, 2.75) is 251 Å². The van der Waals surface area contributed by atoms with Crippen LogP contribution in [0, 0.1) is 0 Å². The number of unbranched alkanes of at least 4 members (excludes halogenated alkanes) is 25. The van der Waals surface area contributed by atoms with Crippen molar-refractivity contribution in [3.05, 3.63) is 48.6 Å². The second-order valence-electron chi connectivity index (χ2n) is 16.2. The Morgan fingerprint density at radius 2 is 0.964 bits per heavy atom. The van der Waals surface area contributed by atoms with Gasteiger partial charge in [-0.05, 0) is 44.9 Å². The van der Waals surface area contributed by atoms with Crippen LogP contribution in [-0.2, 0) is 14.3 Å². The molecule has 0 aliphatic carbocycles. The third-order valence-corrected chi connectivity index (χ3v) is 10.8. The summed E-state index contributed by atoms with van der Waals surface area (Å²) < 4.78 is 5.88. The topological polar surface area (TPSA) is 95.9 Å². The largest absolute Gasteiger partial charge is 0.462 e. The zero-order valence-corrected chi connectivity index (χ0v) is 37.0. The lowest BCUT2D eigenvalue weighted by atomic mass is 10.0. The quantitative estimate of drug-likeness (QED) is 0.0325. The minimum absolute atomic E-state index is 0.0531. The maximum atomic E-state index is 13.1. The van der Waals surface area contributed by atoms with Crippen LogP contribution in [0.1, 0.15) is 233 Å². The molecule has 0 aromatic heterocycles. The zero-order valence-electron chi connectivity index (χ0n) is 37.0. The molecule has 0 aliphatic heterocycles. The van der Waals surface area contributed by atoms with E-state index in [9.17, 15) is 19.8 Å². The van der Waals surface area contributed by atoms with Crippen LogP contribution in [0.4, 0.5) is 0 Å². The van der Waals surface area contributed by atoms with Crippen LogP contribution in [0.3, 0.4) is 0 Å². The molecule has 326 valence electrons. The Morgan fingerprint density at radius 1 is 0.536 bits per heavy atom. The van der Waals surface area contributed by atoms with Crippen molar-refractivity contribution in [1.29, 1.82) is 0 Å². The van der Waals surface area contributed by atoms with E-state index in [1.807, 2.05) is 24.3 Å². The average Bonchev–Trinajstić information content (AvgIpc) is 3.19. The highest BCUT2D eigenvalue weighted by Gasteiger charge is 2.24.